The molecular weight excluding hydrogens is 504 g/mol. The number of carbonyl (C=O) groups excluding carboxylic acids is 2. The van der Waals surface area contributed by atoms with Crippen molar-refractivity contribution < 1.29 is 22.5 Å². The van der Waals surface area contributed by atoms with Gasteiger partial charge in [-0.25, -0.2) is 8.42 Å². The number of hydrogen-bond donors (Lipinski definition) is 2. The second-order valence-corrected chi connectivity index (χ2v) is 11.7. The molecule has 1 fully saturated rings. The van der Waals surface area contributed by atoms with Crippen LogP contribution in [0.2, 0.25) is 0 Å². The molecule has 0 bridgehead atoms. The van der Waals surface area contributed by atoms with E-state index < -0.39 is 16.1 Å². The van der Waals surface area contributed by atoms with Crippen molar-refractivity contribution in [3.8, 4) is 11.1 Å². The van der Waals surface area contributed by atoms with Gasteiger partial charge in [0.2, 0.25) is 11.8 Å². The van der Waals surface area contributed by atoms with Crippen LogP contribution in [-0.4, -0.2) is 43.4 Å². The van der Waals surface area contributed by atoms with Crippen LogP contribution in [0.3, 0.4) is 0 Å². The fourth-order valence-corrected chi connectivity index (χ4v) is 5.80. The fourth-order valence-electron chi connectivity index (χ4n) is 4.47. The Hall–Kier alpha value is -3.66. The van der Waals surface area contributed by atoms with Crippen LogP contribution in [0.5, 0.6) is 0 Å². The number of nitrogens with zero attached hydrogens (tertiary/aromatic N) is 2. The Morgan fingerprint density at radius 2 is 1.79 bits per heavy atom. The van der Waals surface area contributed by atoms with E-state index in [4.69, 9.17) is 4.52 Å². The Balaban J connectivity index is 1.79. The lowest BCUT2D eigenvalue weighted by Gasteiger charge is -2.33. The van der Waals surface area contributed by atoms with Gasteiger partial charge in [-0.15, -0.1) is 0 Å². The van der Waals surface area contributed by atoms with Crippen LogP contribution in [0, 0.1) is 25.7 Å². The minimum Gasteiger partial charge on any atom is -0.359 e. The number of sulfonamides is 1. The SMILES string of the molecule is CNC(=O)[C@H](C(C)C)N(Cc1ccc(-c2ccccc2)c(S(=O)(=O)Nc2noc(C)c2C)c1)C(=O)C1CC1. The van der Waals surface area contributed by atoms with Gasteiger partial charge in [0.25, 0.3) is 10.0 Å². The van der Waals surface area contributed by atoms with Crippen LogP contribution in [0.15, 0.2) is 57.9 Å². The van der Waals surface area contributed by atoms with E-state index in [1.54, 1.807) is 44.0 Å². The summed E-state index contributed by atoms with van der Waals surface area (Å²) in [5.74, 6) is 0.0639. The van der Waals surface area contributed by atoms with E-state index in [0.29, 0.717) is 22.5 Å². The molecule has 0 saturated heterocycles. The van der Waals surface area contributed by atoms with Crippen LogP contribution < -0.4 is 10.0 Å². The Bertz CT molecular complexity index is 1430. The predicted octanol–water partition coefficient (Wildman–Crippen LogP) is 4.27. The minimum absolute atomic E-state index is 0.0427. The number of likely N-dealkylation sites (N-methyl/N-ethyl adjacent to an activating group) is 1. The molecule has 1 heterocycles. The molecule has 2 N–H and O–H groups in total. The first kappa shape index (κ1) is 27.4. The van der Waals surface area contributed by atoms with Gasteiger partial charge in [-0.1, -0.05) is 61.5 Å². The number of aromatic nitrogens is 1. The summed E-state index contributed by atoms with van der Waals surface area (Å²) < 4.78 is 35.1. The number of aryl methyl sites for hydroxylation is 1. The molecular formula is C28H34N4O5S. The van der Waals surface area contributed by atoms with Gasteiger partial charge < -0.3 is 14.7 Å². The molecule has 1 aromatic heterocycles. The van der Waals surface area contributed by atoms with Crippen LogP contribution in [0.25, 0.3) is 11.1 Å². The molecule has 1 saturated carbocycles. The zero-order valence-electron chi connectivity index (χ0n) is 22.3. The fraction of sp³-hybridized carbons (Fsp3) is 0.393. The number of rotatable bonds is 10. The highest BCUT2D eigenvalue weighted by molar-refractivity contribution is 7.92. The predicted molar refractivity (Wildman–Crippen MR) is 145 cm³/mol. The van der Waals surface area contributed by atoms with Crippen molar-refractivity contribution in [2.75, 3.05) is 11.8 Å². The molecule has 4 rings (SSSR count). The van der Waals surface area contributed by atoms with Gasteiger partial charge in [-0.3, -0.25) is 14.3 Å². The number of hydrogen-bond acceptors (Lipinski definition) is 6. The molecule has 10 heteroatoms. The van der Waals surface area contributed by atoms with E-state index in [1.807, 2.05) is 44.2 Å². The Kier molecular flexibility index (Phi) is 7.91. The van der Waals surface area contributed by atoms with Gasteiger partial charge in [0, 0.05) is 30.6 Å². The zero-order chi connectivity index (χ0) is 27.6. The minimum atomic E-state index is -4.10. The van der Waals surface area contributed by atoms with E-state index in [9.17, 15) is 18.0 Å². The second-order valence-electron chi connectivity index (χ2n) is 10.1. The highest BCUT2D eigenvalue weighted by Crippen LogP contribution is 2.35. The summed E-state index contributed by atoms with van der Waals surface area (Å²) in [7, 11) is -2.54. The molecule has 1 aliphatic rings. The molecule has 2 aromatic carbocycles. The molecule has 202 valence electrons. The summed E-state index contributed by atoms with van der Waals surface area (Å²) >= 11 is 0. The third-order valence-electron chi connectivity index (χ3n) is 6.85. The molecule has 3 aromatic rings. The third kappa shape index (κ3) is 5.75. The summed E-state index contributed by atoms with van der Waals surface area (Å²) in [5, 5.41) is 6.53. The number of amides is 2. The van der Waals surface area contributed by atoms with Crippen molar-refractivity contribution in [2.45, 2.75) is 58.0 Å². The molecule has 38 heavy (non-hydrogen) atoms. The monoisotopic (exact) mass is 538 g/mol. The van der Waals surface area contributed by atoms with Crippen LogP contribution in [0.1, 0.15) is 43.6 Å². The van der Waals surface area contributed by atoms with E-state index in [2.05, 4.69) is 15.2 Å². The van der Waals surface area contributed by atoms with E-state index in [1.165, 1.54) is 0 Å². The Morgan fingerprint density at radius 1 is 1.11 bits per heavy atom. The van der Waals surface area contributed by atoms with Gasteiger partial charge in [-0.05, 0) is 49.8 Å². The molecule has 9 nitrogen and oxygen atoms in total. The van der Waals surface area contributed by atoms with Gasteiger partial charge in [0.1, 0.15) is 11.8 Å². The first-order valence-electron chi connectivity index (χ1n) is 12.7. The van der Waals surface area contributed by atoms with Gasteiger partial charge in [0.05, 0.1) is 4.90 Å². The maximum Gasteiger partial charge on any atom is 0.263 e. The number of carbonyl (C=O) groups is 2. The number of anilines is 1. The number of benzene rings is 2. The summed E-state index contributed by atoms with van der Waals surface area (Å²) in [4.78, 5) is 27.8. The Morgan fingerprint density at radius 3 is 2.34 bits per heavy atom. The molecule has 0 radical (unpaired) electrons. The molecule has 0 spiro atoms. The Labute approximate surface area is 223 Å². The normalized spacial score (nSPS) is 14.3. The van der Waals surface area contributed by atoms with E-state index >= 15 is 0 Å². The topological polar surface area (TPSA) is 122 Å². The van der Waals surface area contributed by atoms with Crippen LogP contribution >= 0.6 is 0 Å². The summed E-state index contributed by atoms with van der Waals surface area (Å²) in [6.45, 7) is 7.33. The van der Waals surface area contributed by atoms with Gasteiger partial charge >= 0.3 is 0 Å². The van der Waals surface area contributed by atoms with Crippen molar-refractivity contribution in [3.05, 3.63) is 65.4 Å². The zero-order valence-corrected chi connectivity index (χ0v) is 23.1. The lowest BCUT2D eigenvalue weighted by atomic mass is 9.99. The van der Waals surface area contributed by atoms with Gasteiger partial charge in [-0.2, -0.15) is 0 Å². The van der Waals surface area contributed by atoms with E-state index in [-0.39, 0.29) is 40.9 Å². The second kappa shape index (κ2) is 11.0. The third-order valence-corrected chi connectivity index (χ3v) is 8.23. The van der Waals surface area contributed by atoms with Crippen molar-refractivity contribution >= 4 is 27.7 Å². The average Bonchev–Trinajstić information content (AvgIpc) is 3.70. The van der Waals surface area contributed by atoms with E-state index in [0.717, 1.165) is 18.4 Å². The van der Waals surface area contributed by atoms with Crippen LogP contribution in [0.4, 0.5) is 5.82 Å². The molecule has 0 aliphatic heterocycles. The molecule has 1 aliphatic carbocycles. The summed E-state index contributed by atoms with van der Waals surface area (Å²) in [6, 6.07) is 13.6. The highest BCUT2D eigenvalue weighted by atomic mass is 32.2. The molecule has 1 atom stereocenters. The standard InChI is InChI=1S/C28H34N4O5S/c1-17(2)25(27(33)29-5)32(28(34)22-12-13-22)16-20-11-14-23(21-9-7-6-8-10-21)24(15-20)38(35,36)31-26-18(3)19(4)37-30-26/h6-11,14-15,17,22,25H,12-13,16H2,1-5H3,(H,29,33)(H,30,31)/t25-/m0/s1. The van der Waals surface area contributed by atoms with Crippen molar-refractivity contribution in [2.24, 2.45) is 11.8 Å². The van der Waals surface area contributed by atoms with Crippen LogP contribution in [-0.2, 0) is 26.2 Å². The first-order chi connectivity index (χ1) is 18.0. The van der Waals surface area contributed by atoms with Crippen molar-refractivity contribution in [3.63, 3.8) is 0 Å². The highest BCUT2D eigenvalue weighted by Gasteiger charge is 2.39. The average molecular weight is 539 g/mol. The van der Waals surface area contributed by atoms with Crippen molar-refractivity contribution in [1.29, 1.82) is 0 Å². The summed E-state index contributed by atoms with van der Waals surface area (Å²) in [5.41, 5.74) is 2.43. The molecule has 2 amide bonds. The molecule has 0 unspecified atom stereocenters. The lowest BCUT2D eigenvalue weighted by molar-refractivity contribution is -0.143. The van der Waals surface area contributed by atoms with Crippen molar-refractivity contribution in [1.82, 2.24) is 15.4 Å². The smallest absolute Gasteiger partial charge is 0.263 e. The summed E-state index contributed by atoms with van der Waals surface area (Å²) in [6.07, 6.45) is 1.59. The van der Waals surface area contributed by atoms with Gasteiger partial charge in [0.15, 0.2) is 5.82 Å². The number of nitrogens with one attached hydrogen (secondary N) is 2. The largest absolute Gasteiger partial charge is 0.359 e. The maximum atomic E-state index is 13.7. The lowest BCUT2D eigenvalue weighted by Crippen LogP contribution is -2.51. The first-order valence-corrected chi connectivity index (χ1v) is 14.2. The quantitative estimate of drug-likeness (QED) is 0.398. The maximum absolute atomic E-state index is 13.7.